The van der Waals surface area contributed by atoms with Crippen molar-refractivity contribution in [1.29, 1.82) is 0 Å². The number of hydrogen-bond acceptors (Lipinski definition) is 7. The lowest BCUT2D eigenvalue weighted by atomic mass is 10.1. The highest BCUT2D eigenvalue weighted by molar-refractivity contribution is 7.14. The number of rotatable bonds is 7. The minimum atomic E-state index is -0.575. The van der Waals surface area contributed by atoms with E-state index < -0.39 is 11.9 Å². The van der Waals surface area contributed by atoms with Gasteiger partial charge in [0.15, 0.2) is 22.3 Å². The molecule has 0 unspecified atom stereocenters. The summed E-state index contributed by atoms with van der Waals surface area (Å²) in [6.45, 7) is 1.91. The zero-order chi connectivity index (χ0) is 22.5. The highest BCUT2D eigenvalue weighted by atomic mass is 35.5. The Morgan fingerprint density at radius 3 is 2.45 bits per heavy atom. The summed E-state index contributed by atoms with van der Waals surface area (Å²) >= 11 is 13.4. The molecule has 1 amide bonds. The first-order chi connectivity index (χ1) is 14.9. The maximum absolute atomic E-state index is 13.5. The van der Waals surface area contributed by atoms with E-state index in [-0.39, 0.29) is 28.0 Å². The zero-order valence-electron chi connectivity index (χ0n) is 16.8. The lowest BCUT2D eigenvalue weighted by molar-refractivity contribution is 0.0520. The fraction of sp³-hybridized carbons (Fsp3) is 0.190. The van der Waals surface area contributed by atoms with Crippen LogP contribution in [0.3, 0.4) is 0 Å². The molecule has 0 bridgehead atoms. The highest BCUT2D eigenvalue weighted by Gasteiger charge is 2.27. The number of amides is 1. The number of carbonyl (C=O) groups excluding carboxylic acids is 2. The van der Waals surface area contributed by atoms with Crippen LogP contribution >= 0.6 is 34.5 Å². The van der Waals surface area contributed by atoms with Gasteiger partial charge in [-0.3, -0.25) is 9.69 Å². The maximum atomic E-state index is 13.5. The largest absolute Gasteiger partial charge is 0.493 e. The SMILES string of the molecule is CCOC(=O)c1csc(N(C(=O)c2ccc(Cl)cc2Cl)c2ccc(OC)c(OC)c2)n1. The fourth-order valence-corrected chi connectivity index (χ4v) is 4.03. The van der Waals surface area contributed by atoms with Crippen LogP contribution in [0.1, 0.15) is 27.8 Å². The number of benzene rings is 2. The van der Waals surface area contributed by atoms with Gasteiger partial charge in [0.1, 0.15) is 0 Å². The van der Waals surface area contributed by atoms with Gasteiger partial charge in [0.05, 0.1) is 37.1 Å². The number of ether oxygens (including phenoxy) is 3. The Kier molecular flexibility index (Phi) is 7.37. The number of esters is 1. The van der Waals surface area contributed by atoms with Crippen LogP contribution in [0, 0.1) is 0 Å². The predicted molar refractivity (Wildman–Crippen MR) is 121 cm³/mol. The summed E-state index contributed by atoms with van der Waals surface area (Å²) in [5.74, 6) is -0.121. The molecule has 0 radical (unpaired) electrons. The van der Waals surface area contributed by atoms with Gasteiger partial charge in [0, 0.05) is 16.5 Å². The molecule has 0 saturated carbocycles. The highest BCUT2D eigenvalue weighted by Crippen LogP contribution is 2.37. The number of nitrogens with zero attached hydrogens (tertiary/aromatic N) is 2. The van der Waals surface area contributed by atoms with Crippen molar-refractivity contribution in [2.45, 2.75) is 6.92 Å². The Labute approximate surface area is 193 Å². The van der Waals surface area contributed by atoms with Crippen LogP contribution in [0.25, 0.3) is 0 Å². The second kappa shape index (κ2) is 10.00. The number of hydrogen-bond donors (Lipinski definition) is 0. The third-order valence-electron chi connectivity index (χ3n) is 4.16. The molecule has 10 heteroatoms. The van der Waals surface area contributed by atoms with E-state index in [2.05, 4.69) is 4.98 Å². The van der Waals surface area contributed by atoms with Crippen molar-refractivity contribution in [2.75, 3.05) is 25.7 Å². The van der Waals surface area contributed by atoms with E-state index in [9.17, 15) is 9.59 Å². The molecule has 162 valence electrons. The Bertz CT molecular complexity index is 1120. The summed E-state index contributed by atoms with van der Waals surface area (Å²) in [5, 5.41) is 2.37. The number of methoxy groups -OCH3 is 2. The summed E-state index contributed by atoms with van der Waals surface area (Å²) in [6.07, 6.45) is 0. The monoisotopic (exact) mass is 480 g/mol. The number of aromatic nitrogens is 1. The Balaban J connectivity index is 2.12. The van der Waals surface area contributed by atoms with Gasteiger partial charge in [-0.05, 0) is 37.3 Å². The van der Waals surface area contributed by atoms with Crippen molar-refractivity contribution >= 4 is 57.2 Å². The van der Waals surface area contributed by atoms with Gasteiger partial charge in [-0.1, -0.05) is 23.2 Å². The van der Waals surface area contributed by atoms with E-state index >= 15 is 0 Å². The number of halogens is 2. The van der Waals surface area contributed by atoms with Crippen LogP contribution in [0.2, 0.25) is 10.0 Å². The lowest BCUT2D eigenvalue weighted by Crippen LogP contribution is -2.26. The average molecular weight is 481 g/mol. The van der Waals surface area contributed by atoms with Crippen LogP contribution in [0.4, 0.5) is 10.8 Å². The molecule has 0 aliphatic carbocycles. The van der Waals surface area contributed by atoms with Crippen molar-refractivity contribution in [3.8, 4) is 11.5 Å². The van der Waals surface area contributed by atoms with Crippen LogP contribution in [-0.4, -0.2) is 37.7 Å². The standard InChI is InChI=1S/C21H18Cl2N2O5S/c1-4-30-20(27)16-11-31-21(24-16)25(13-6-8-17(28-2)18(10-13)29-3)19(26)14-7-5-12(22)9-15(14)23/h5-11H,4H2,1-3H3. The lowest BCUT2D eigenvalue weighted by Gasteiger charge is -2.22. The molecule has 0 spiro atoms. The van der Waals surface area contributed by atoms with E-state index in [0.29, 0.717) is 22.2 Å². The van der Waals surface area contributed by atoms with E-state index in [1.807, 2.05) is 0 Å². The van der Waals surface area contributed by atoms with Gasteiger partial charge >= 0.3 is 5.97 Å². The molecule has 0 fully saturated rings. The molecule has 1 heterocycles. The summed E-state index contributed by atoms with van der Waals surface area (Å²) in [5.41, 5.74) is 0.759. The Morgan fingerprint density at radius 1 is 1.06 bits per heavy atom. The molecule has 0 aliphatic rings. The normalized spacial score (nSPS) is 10.5. The number of anilines is 2. The van der Waals surface area contributed by atoms with Crippen molar-refractivity contribution in [2.24, 2.45) is 0 Å². The van der Waals surface area contributed by atoms with Crippen molar-refractivity contribution in [3.63, 3.8) is 0 Å². The molecular weight excluding hydrogens is 463 g/mol. The third kappa shape index (κ3) is 4.92. The van der Waals surface area contributed by atoms with E-state index in [0.717, 1.165) is 11.3 Å². The number of thiazole rings is 1. The first kappa shape index (κ1) is 22.9. The van der Waals surface area contributed by atoms with Crippen LogP contribution in [0.15, 0.2) is 41.8 Å². The van der Waals surface area contributed by atoms with E-state index in [1.54, 1.807) is 31.2 Å². The van der Waals surface area contributed by atoms with Crippen LogP contribution in [0.5, 0.6) is 11.5 Å². The molecule has 0 saturated heterocycles. The Morgan fingerprint density at radius 2 is 1.81 bits per heavy atom. The van der Waals surface area contributed by atoms with Crippen molar-refractivity contribution in [3.05, 3.63) is 63.1 Å². The second-order valence-corrected chi connectivity index (χ2v) is 7.72. The molecule has 0 atom stereocenters. The predicted octanol–water partition coefficient (Wildman–Crippen LogP) is 5.62. The molecule has 3 rings (SSSR count). The topological polar surface area (TPSA) is 78.0 Å². The molecule has 3 aromatic rings. The average Bonchev–Trinajstić information content (AvgIpc) is 3.23. The van der Waals surface area contributed by atoms with Crippen LogP contribution < -0.4 is 14.4 Å². The molecular formula is C21H18Cl2N2O5S. The molecule has 7 nitrogen and oxygen atoms in total. The minimum absolute atomic E-state index is 0.0994. The molecule has 31 heavy (non-hydrogen) atoms. The first-order valence-electron chi connectivity index (χ1n) is 9.03. The van der Waals surface area contributed by atoms with Crippen molar-refractivity contribution in [1.82, 2.24) is 4.98 Å². The quantitative estimate of drug-likeness (QED) is 0.408. The zero-order valence-corrected chi connectivity index (χ0v) is 19.2. The van der Waals surface area contributed by atoms with Gasteiger partial charge in [-0.25, -0.2) is 9.78 Å². The van der Waals surface area contributed by atoms with Gasteiger partial charge < -0.3 is 14.2 Å². The summed E-state index contributed by atoms with van der Waals surface area (Å²) < 4.78 is 15.6. The molecule has 1 aromatic heterocycles. The molecule has 2 aromatic carbocycles. The van der Waals surface area contributed by atoms with E-state index in [1.165, 1.54) is 36.6 Å². The second-order valence-electron chi connectivity index (χ2n) is 6.04. The Hall–Kier alpha value is -2.81. The number of carbonyl (C=O) groups is 2. The van der Waals surface area contributed by atoms with Gasteiger partial charge in [-0.15, -0.1) is 11.3 Å². The third-order valence-corrected chi connectivity index (χ3v) is 5.53. The van der Waals surface area contributed by atoms with Gasteiger partial charge in [0.2, 0.25) is 0 Å². The maximum Gasteiger partial charge on any atom is 0.357 e. The van der Waals surface area contributed by atoms with Gasteiger partial charge in [-0.2, -0.15) is 0 Å². The minimum Gasteiger partial charge on any atom is -0.493 e. The van der Waals surface area contributed by atoms with E-state index in [4.69, 9.17) is 37.4 Å². The molecule has 0 N–H and O–H groups in total. The summed E-state index contributed by atoms with van der Waals surface area (Å²) in [7, 11) is 3.01. The molecule has 0 aliphatic heterocycles. The van der Waals surface area contributed by atoms with Crippen molar-refractivity contribution < 1.29 is 23.8 Å². The fourth-order valence-electron chi connectivity index (χ4n) is 2.73. The summed E-state index contributed by atoms with van der Waals surface area (Å²) in [6, 6.07) is 9.55. The smallest absolute Gasteiger partial charge is 0.357 e. The van der Waals surface area contributed by atoms with Crippen LogP contribution in [-0.2, 0) is 4.74 Å². The van der Waals surface area contributed by atoms with Gasteiger partial charge in [0.25, 0.3) is 5.91 Å². The first-order valence-corrected chi connectivity index (χ1v) is 10.7. The summed E-state index contributed by atoms with van der Waals surface area (Å²) in [4.78, 5) is 31.2.